The Labute approximate surface area is 190 Å². The number of rotatable bonds is 5. The fourth-order valence-electron chi connectivity index (χ4n) is 4.36. The minimum Gasteiger partial charge on any atom is -0.496 e. The van der Waals surface area contributed by atoms with Crippen molar-refractivity contribution < 1.29 is 23.8 Å². The molecule has 1 amide bonds. The molecule has 33 heavy (non-hydrogen) atoms. The number of benzene rings is 3. The fourth-order valence-corrected chi connectivity index (χ4v) is 4.36. The molecule has 2 atom stereocenters. The second-order valence-electron chi connectivity index (χ2n) is 7.79. The van der Waals surface area contributed by atoms with Gasteiger partial charge in [0.2, 0.25) is 0 Å². The molecule has 6 nitrogen and oxygen atoms in total. The van der Waals surface area contributed by atoms with Gasteiger partial charge in [0.15, 0.2) is 0 Å². The van der Waals surface area contributed by atoms with Crippen LogP contribution in [0.5, 0.6) is 5.75 Å². The summed E-state index contributed by atoms with van der Waals surface area (Å²) in [5.74, 6) is -1.70. The number of aliphatic carboxylic acids is 1. The minimum atomic E-state index is -1.13. The number of carbonyl (C=O) groups is 2. The monoisotopic (exact) mass is 444 g/mol. The zero-order valence-corrected chi connectivity index (χ0v) is 17.9. The maximum absolute atomic E-state index is 14.5. The lowest BCUT2D eigenvalue weighted by Gasteiger charge is -2.29. The summed E-state index contributed by atoms with van der Waals surface area (Å²) in [7, 11) is 1.47. The number of methoxy groups -OCH3 is 1. The number of carbonyl (C=O) groups excluding carboxylic acids is 1. The first-order valence-corrected chi connectivity index (χ1v) is 10.4. The molecule has 0 aliphatic carbocycles. The van der Waals surface area contributed by atoms with Crippen molar-refractivity contribution in [3.05, 3.63) is 89.2 Å². The highest BCUT2D eigenvalue weighted by molar-refractivity contribution is 5.98. The van der Waals surface area contributed by atoms with Crippen molar-refractivity contribution in [1.29, 1.82) is 5.26 Å². The summed E-state index contributed by atoms with van der Waals surface area (Å²) in [6.45, 7) is 0. The summed E-state index contributed by atoms with van der Waals surface area (Å²) < 4.78 is 20.0. The number of ether oxygens (including phenoxy) is 1. The number of nitrogens with zero attached hydrogens (tertiary/aromatic N) is 2. The van der Waals surface area contributed by atoms with E-state index in [1.54, 1.807) is 54.6 Å². The number of amides is 1. The molecule has 1 aliphatic heterocycles. The van der Waals surface area contributed by atoms with E-state index in [9.17, 15) is 24.3 Å². The molecule has 3 aromatic rings. The van der Waals surface area contributed by atoms with Gasteiger partial charge < -0.3 is 14.7 Å². The van der Waals surface area contributed by atoms with Crippen LogP contribution in [0.1, 0.15) is 40.4 Å². The first-order valence-electron chi connectivity index (χ1n) is 10.4. The van der Waals surface area contributed by atoms with E-state index >= 15 is 0 Å². The minimum absolute atomic E-state index is 0.232. The van der Waals surface area contributed by atoms with Gasteiger partial charge in [0.1, 0.15) is 17.6 Å². The van der Waals surface area contributed by atoms with Gasteiger partial charge in [0.05, 0.1) is 24.8 Å². The van der Waals surface area contributed by atoms with E-state index in [1.165, 1.54) is 18.1 Å². The van der Waals surface area contributed by atoms with Crippen molar-refractivity contribution in [2.45, 2.75) is 24.9 Å². The van der Waals surface area contributed by atoms with E-state index in [-0.39, 0.29) is 12.0 Å². The van der Waals surface area contributed by atoms with Crippen molar-refractivity contribution in [1.82, 2.24) is 4.90 Å². The Morgan fingerprint density at radius 1 is 1.09 bits per heavy atom. The Kier molecular flexibility index (Phi) is 6.09. The molecule has 1 N–H and O–H groups in total. The molecule has 7 heteroatoms. The molecule has 3 aromatic carbocycles. The molecular formula is C26H21FN2O4. The van der Waals surface area contributed by atoms with Crippen molar-refractivity contribution in [2.24, 2.45) is 0 Å². The lowest BCUT2D eigenvalue weighted by molar-refractivity contribution is -0.141. The smallest absolute Gasteiger partial charge is 0.326 e. The molecule has 0 aromatic heterocycles. The second kappa shape index (κ2) is 9.13. The molecule has 1 aliphatic rings. The van der Waals surface area contributed by atoms with Gasteiger partial charge in [-0.05, 0) is 54.8 Å². The van der Waals surface area contributed by atoms with Crippen LogP contribution in [-0.2, 0) is 4.79 Å². The molecule has 0 spiro atoms. The molecule has 0 unspecified atom stereocenters. The first-order chi connectivity index (χ1) is 15.9. The number of hydrogen-bond acceptors (Lipinski definition) is 4. The Bertz CT molecular complexity index is 1270. The maximum Gasteiger partial charge on any atom is 0.326 e. The van der Waals surface area contributed by atoms with Crippen LogP contribution in [0.4, 0.5) is 4.39 Å². The largest absolute Gasteiger partial charge is 0.496 e. The van der Waals surface area contributed by atoms with Crippen LogP contribution in [0.15, 0.2) is 66.7 Å². The van der Waals surface area contributed by atoms with E-state index in [2.05, 4.69) is 6.07 Å². The topological polar surface area (TPSA) is 90.6 Å². The highest BCUT2D eigenvalue weighted by Gasteiger charge is 2.42. The number of likely N-dealkylation sites (tertiary alicyclic amines) is 1. The summed E-state index contributed by atoms with van der Waals surface area (Å²) >= 11 is 0. The summed E-state index contributed by atoms with van der Waals surface area (Å²) in [5, 5.41) is 18.9. The second-order valence-corrected chi connectivity index (χ2v) is 7.79. The number of carboxylic acid groups (broad SMARTS) is 1. The summed E-state index contributed by atoms with van der Waals surface area (Å²) in [6, 6.07) is 18.3. The molecule has 0 radical (unpaired) electrons. The molecule has 1 saturated heterocycles. The van der Waals surface area contributed by atoms with Gasteiger partial charge in [-0.2, -0.15) is 5.26 Å². The molecule has 0 saturated carbocycles. The highest BCUT2D eigenvalue weighted by atomic mass is 19.1. The van der Waals surface area contributed by atoms with Crippen molar-refractivity contribution in [3.8, 4) is 22.9 Å². The highest BCUT2D eigenvalue weighted by Crippen LogP contribution is 2.39. The van der Waals surface area contributed by atoms with Gasteiger partial charge in [0, 0.05) is 16.7 Å². The summed E-state index contributed by atoms with van der Waals surface area (Å²) in [5.41, 5.74) is 2.46. The van der Waals surface area contributed by atoms with E-state index in [4.69, 9.17) is 4.74 Å². The Hall–Kier alpha value is -4.18. The van der Waals surface area contributed by atoms with Gasteiger partial charge in [-0.25, -0.2) is 9.18 Å². The lowest BCUT2D eigenvalue weighted by Crippen LogP contribution is -2.42. The van der Waals surface area contributed by atoms with E-state index < -0.39 is 29.8 Å². The molecule has 0 bridgehead atoms. The lowest BCUT2D eigenvalue weighted by atomic mass is 9.99. The Balaban J connectivity index is 1.74. The zero-order valence-electron chi connectivity index (χ0n) is 17.9. The normalized spacial score (nSPS) is 17.4. The van der Waals surface area contributed by atoms with Crippen LogP contribution in [0.2, 0.25) is 0 Å². The van der Waals surface area contributed by atoms with Crippen LogP contribution < -0.4 is 4.74 Å². The van der Waals surface area contributed by atoms with Crippen LogP contribution in [-0.4, -0.2) is 35.0 Å². The predicted molar refractivity (Wildman–Crippen MR) is 119 cm³/mol. The van der Waals surface area contributed by atoms with Gasteiger partial charge in [-0.15, -0.1) is 0 Å². The third kappa shape index (κ3) is 4.15. The molecule has 4 rings (SSSR count). The van der Waals surface area contributed by atoms with Crippen molar-refractivity contribution >= 4 is 11.9 Å². The number of carboxylic acids is 1. The Morgan fingerprint density at radius 3 is 2.58 bits per heavy atom. The third-order valence-corrected chi connectivity index (χ3v) is 5.92. The van der Waals surface area contributed by atoms with Crippen molar-refractivity contribution in [2.75, 3.05) is 7.11 Å². The third-order valence-electron chi connectivity index (χ3n) is 5.92. The quantitative estimate of drug-likeness (QED) is 0.610. The van der Waals surface area contributed by atoms with Gasteiger partial charge in [0.25, 0.3) is 5.91 Å². The summed E-state index contributed by atoms with van der Waals surface area (Å²) in [4.78, 5) is 26.7. The van der Waals surface area contributed by atoms with Gasteiger partial charge in [-0.1, -0.05) is 30.3 Å². The molecule has 166 valence electrons. The van der Waals surface area contributed by atoms with Crippen LogP contribution >= 0.6 is 0 Å². The van der Waals surface area contributed by atoms with Crippen LogP contribution in [0.25, 0.3) is 11.1 Å². The molecule has 1 heterocycles. The standard InChI is InChI=1S/C26H21FN2O4/c1-33-24-14-18(9-10-19(24)17-6-4-5-16(13-17)15-28)25(30)29-22(11-12-23(29)26(31)32)20-7-2-3-8-21(20)27/h2-10,13-14,22-23H,11-12H2,1H3,(H,31,32)/t22-,23+/m1/s1. The van der Waals surface area contributed by atoms with E-state index in [0.717, 1.165) is 5.56 Å². The van der Waals surface area contributed by atoms with Crippen LogP contribution in [0.3, 0.4) is 0 Å². The van der Waals surface area contributed by atoms with Crippen LogP contribution in [0, 0.1) is 17.1 Å². The Morgan fingerprint density at radius 2 is 1.88 bits per heavy atom. The summed E-state index contributed by atoms with van der Waals surface area (Å²) in [6.07, 6.45) is 0.579. The predicted octanol–water partition coefficient (Wildman–Crippen LogP) is 4.80. The average molecular weight is 444 g/mol. The SMILES string of the molecule is COc1cc(C(=O)N2[C@@H](c3ccccc3F)CC[C@H]2C(=O)O)ccc1-c1cccc(C#N)c1. The van der Waals surface area contributed by atoms with E-state index in [1.807, 2.05) is 6.07 Å². The average Bonchev–Trinajstić information content (AvgIpc) is 3.28. The van der Waals surface area contributed by atoms with E-state index in [0.29, 0.717) is 28.9 Å². The van der Waals surface area contributed by atoms with Gasteiger partial charge >= 0.3 is 5.97 Å². The fraction of sp³-hybridized carbons (Fsp3) is 0.192. The number of nitriles is 1. The maximum atomic E-state index is 14.5. The molecular weight excluding hydrogens is 423 g/mol. The number of hydrogen-bond donors (Lipinski definition) is 1. The van der Waals surface area contributed by atoms with Gasteiger partial charge in [-0.3, -0.25) is 4.79 Å². The first kappa shape index (κ1) is 22.0. The number of halogens is 1. The van der Waals surface area contributed by atoms with Crippen molar-refractivity contribution in [3.63, 3.8) is 0 Å². The molecule has 1 fully saturated rings. The zero-order chi connectivity index (χ0) is 23.5.